The zero-order chi connectivity index (χ0) is 8.39. The van der Waals surface area contributed by atoms with E-state index in [1.165, 1.54) is 19.3 Å². The van der Waals surface area contributed by atoms with Crippen molar-refractivity contribution in [1.29, 1.82) is 0 Å². The first kappa shape index (κ1) is 8.27. The molecule has 1 heterocycles. The van der Waals surface area contributed by atoms with Crippen LogP contribution >= 0.6 is 11.3 Å². The number of thiophene rings is 1. The third-order valence-electron chi connectivity index (χ3n) is 2.50. The lowest BCUT2D eigenvalue weighted by atomic mass is 9.94. The smallest absolute Gasteiger partial charge is 0.0331 e. The number of aryl methyl sites for hydroxylation is 1. The summed E-state index contributed by atoms with van der Waals surface area (Å²) in [6.07, 6.45) is 3.97. The second kappa shape index (κ2) is 3.58. The van der Waals surface area contributed by atoms with Gasteiger partial charge in [0.15, 0.2) is 0 Å². The largest absolute Gasteiger partial charge is 0.310 e. The molecule has 1 aliphatic rings. The molecule has 1 nitrogen and oxygen atoms in total. The normalized spacial score (nSPS) is 22.2. The van der Waals surface area contributed by atoms with Gasteiger partial charge in [-0.2, -0.15) is 0 Å². The SMILES string of the molecule is CCNC1CCCc2sccc21. The van der Waals surface area contributed by atoms with Gasteiger partial charge in [-0.25, -0.2) is 0 Å². The van der Waals surface area contributed by atoms with Gasteiger partial charge in [-0.05, 0) is 42.8 Å². The molecule has 2 heteroatoms. The van der Waals surface area contributed by atoms with E-state index in [-0.39, 0.29) is 0 Å². The van der Waals surface area contributed by atoms with Crippen LogP contribution < -0.4 is 5.32 Å². The Bertz CT molecular complexity index is 254. The molecule has 0 aliphatic heterocycles. The molecule has 2 rings (SSSR count). The molecule has 0 amide bonds. The maximum absolute atomic E-state index is 3.53. The fourth-order valence-electron chi connectivity index (χ4n) is 1.94. The lowest BCUT2D eigenvalue weighted by Gasteiger charge is -2.22. The van der Waals surface area contributed by atoms with Crippen molar-refractivity contribution in [2.75, 3.05) is 6.54 Å². The van der Waals surface area contributed by atoms with Crippen molar-refractivity contribution in [3.63, 3.8) is 0 Å². The van der Waals surface area contributed by atoms with E-state index in [2.05, 4.69) is 23.7 Å². The van der Waals surface area contributed by atoms with Crippen LogP contribution in [0.4, 0.5) is 0 Å². The molecule has 66 valence electrons. The summed E-state index contributed by atoms with van der Waals surface area (Å²) in [6, 6.07) is 2.93. The minimum Gasteiger partial charge on any atom is -0.310 e. The average molecular weight is 181 g/mol. The molecule has 1 aromatic rings. The van der Waals surface area contributed by atoms with Gasteiger partial charge >= 0.3 is 0 Å². The Balaban J connectivity index is 2.19. The van der Waals surface area contributed by atoms with E-state index in [0.717, 1.165) is 6.54 Å². The summed E-state index contributed by atoms with van der Waals surface area (Å²) in [4.78, 5) is 1.60. The number of hydrogen-bond acceptors (Lipinski definition) is 2. The zero-order valence-electron chi connectivity index (χ0n) is 7.47. The van der Waals surface area contributed by atoms with E-state index in [1.807, 2.05) is 11.3 Å². The van der Waals surface area contributed by atoms with Crippen LogP contribution in [-0.2, 0) is 6.42 Å². The van der Waals surface area contributed by atoms with Gasteiger partial charge in [0.25, 0.3) is 0 Å². The minimum absolute atomic E-state index is 0.644. The van der Waals surface area contributed by atoms with Crippen LogP contribution in [0.2, 0.25) is 0 Å². The summed E-state index contributed by atoms with van der Waals surface area (Å²) in [5.41, 5.74) is 1.56. The second-order valence-electron chi connectivity index (χ2n) is 3.30. The average Bonchev–Trinajstić information content (AvgIpc) is 2.53. The first-order chi connectivity index (χ1) is 5.92. The molecule has 1 unspecified atom stereocenters. The molecule has 1 aromatic heterocycles. The second-order valence-corrected chi connectivity index (χ2v) is 4.30. The van der Waals surface area contributed by atoms with E-state index >= 15 is 0 Å². The molecule has 1 atom stereocenters. The third kappa shape index (κ3) is 1.41. The minimum atomic E-state index is 0.644. The van der Waals surface area contributed by atoms with Crippen molar-refractivity contribution in [2.45, 2.75) is 32.2 Å². The molecular formula is C10H15NS. The Morgan fingerprint density at radius 1 is 1.67 bits per heavy atom. The van der Waals surface area contributed by atoms with Crippen molar-refractivity contribution in [1.82, 2.24) is 5.32 Å². The molecule has 0 saturated heterocycles. The fourth-order valence-corrected chi connectivity index (χ4v) is 2.93. The number of rotatable bonds is 2. The molecule has 0 saturated carbocycles. The highest BCUT2D eigenvalue weighted by molar-refractivity contribution is 7.10. The van der Waals surface area contributed by atoms with Crippen LogP contribution in [0.25, 0.3) is 0 Å². The highest BCUT2D eigenvalue weighted by atomic mass is 32.1. The van der Waals surface area contributed by atoms with Crippen LogP contribution in [0.3, 0.4) is 0 Å². The van der Waals surface area contributed by atoms with E-state index in [0.29, 0.717) is 6.04 Å². The molecule has 12 heavy (non-hydrogen) atoms. The van der Waals surface area contributed by atoms with Crippen LogP contribution in [0.1, 0.15) is 36.2 Å². The Morgan fingerprint density at radius 3 is 3.42 bits per heavy atom. The highest BCUT2D eigenvalue weighted by Crippen LogP contribution is 2.32. The maximum Gasteiger partial charge on any atom is 0.0331 e. The first-order valence-electron chi connectivity index (χ1n) is 4.71. The van der Waals surface area contributed by atoms with Crippen molar-refractivity contribution in [2.24, 2.45) is 0 Å². The lowest BCUT2D eigenvalue weighted by Crippen LogP contribution is -2.23. The van der Waals surface area contributed by atoms with E-state index in [4.69, 9.17) is 0 Å². The Morgan fingerprint density at radius 2 is 2.58 bits per heavy atom. The quantitative estimate of drug-likeness (QED) is 0.739. The monoisotopic (exact) mass is 181 g/mol. The third-order valence-corrected chi connectivity index (χ3v) is 3.50. The Labute approximate surface area is 77.8 Å². The van der Waals surface area contributed by atoms with Crippen molar-refractivity contribution >= 4 is 11.3 Å². The van der Waals surface area contributed by atoms with Crippen LogP contribution in [0.5, 0.6) is 0 Å². The predicted molar refractivity (Wildman–Crippen MR) is 53.7 cm³/mol. The van der Waals surface area contributed by atoms with Gasteiger partial charge < -0.3 is 5.32 Å². The summed E-state index contributed by atoms with van der Waals surface area (Å²) in [6.45, 7) is 3.26. The standard InChI is InChI=1S/C10H15NS/c1-2-11-9-4-3-5-10-8(9)6-7-12-10/h6-7,9,11H,2-5H2,1H3. The molecule has 1 N–H and O–H groups in total. The fraction of sp³-hybridized carbons (Fsp3) is 0.600. The van der Waals surface area contributed by atoms with Gasteiger partial charge in [0, 0.05) is 10.9 Å². The van der Waals surface area contributed by atoms with Gasteiger partial charge in [0.1, 0.15) is 0 Å². The molecule has 0 radical (unpaired) electrons. The van der Waals surface area contributed by atoms with Crippen LogP contribution in [0, 0.1) is 0 Å². The van der Waals surface area contributed by atoms with Gasteiger partial charge in [-0.1, -0.05) is 6.92 Å². The van der Waals surface area contributed by atoms with Gasteiger partial charge in [0.2, 0.25) is 0 Å². The first-order valence-corrected chi connectivity index (χ1v) is 5.59. The van der Waals surface area contributed by atoms with Gasteiger partial charge in [0.05, 0.1) is 0 Å². The van der Waals surface area contributed by atoms with Crippen molar-refractivity contribution < 1.29 is 0 Å². The van der Waals surface area contributed by atoms with Crippen molar-refractivity contribution in [3.8, 4) is 0 Å². The Kier molecular flexibility index (Phi) is 2.47. The molecular weight excluding hydrogens is 166 g/mol. The molecule has 0 fully saturated rings. The summed E-state index contributed by atoms with van der Waals surface area (Å²) < 4.78 is 0. The number of fused-ring (bicyclic) bond motifs is 1. The molecule has 0 bridgehead atoms. The number of hydrogen-bond donors (Lipinski definition) is 1. The highest BCUT2D eigenvalue weighted by Gasteiger charge is 2.19. The topological polar surface area (TPSA) is 12.0 Å². The van der Waals surface area contributed by atoms with Crippen LogP contribution in [-0.4, -0.2) is 6.54 Å². The van der Waals surface area contributed by atoms with Crippen molar-refractivity contribution in [3.05, 3.63) is 21.9 Å². The van der Waals surface area contributed by atoms with Gasteiger partial charge in [-0.15, -0.1) is 11.3 Å². The van der Waals surface area contributed by atoms with E-state index in [1.54, 1.807) is 10.4 Å². The Hall–Kier alpha value is -0.340. The van der Waals surface area contributed by atoms with Gasteiger partial charge in [-0.3, -0.25) is 0 Å². The van der Waals surface area contributed by atoms with E-state index < -0.39 is 0 Å². The summed E-state index contributed by atoms with van der Waals surface area (Å²) in [5, 5.41) is 5.76. The maximum atomic E-state index is 3.53. The molecule has 0 aromatic carbocycles. The zero-order valence-corrected chi connectivity index (χ0v) is 8.29. The number of nitrogens with one attached hydrogen (secondary N) is 1. The predicted octanol–water partition coefficient (Wildman–Crippen LogP) is 2.74. The summed E-state index contributed by atoms with van der Waals surface area (Å²) in [7, 11) is 0. The van der Waals surface area contributed by atoms with E-state index in [9.17, 15) is 0 Å². The molecule has 0 spiro atoms. The lowest BCUT2D eigenvalue weighted by molar-refractivity contribution is 0.476. The molecule has 1 aliphatic carbocycles. The van der Waals surface area contributed by atoms with Crippen LogP contribution in [0.15, 0.2) is 11.4 Å². The summed E-state index contributed by atoms with van der Waals surface area (Å²) >= 11 is 1.91. The summed E-state index contributed by atoms with van der Waals surface area (Å²) in [5.74, 6) is 0.